The number of carbonyl (C=O) groups is 1. The number of carboxylic acids is 1. The molecule has 1 aromatic carbocycles. The van der Waals surface area contributed by atoms with Gasteiger partial charge in [0.15, 0.2) is 0 Å². The van der Waals surface area contributed by atoms with E-state index in [2.05, 4.69) is 0 Å². The fourth-order valence-electron chi connectivity index (χ4n) is 2.29. The number of hydrogen-bond donors (Lipinski definition) is 1. The molecule has 8 heteroatoms. The van der Waals surface area contributed by atoms with Crippen LogP contribution in [0.4, 0.5) is 0 Å². The van der Waals surface area contributed by atoms with Crippen molar-refractivity contribution in [2.75, 3.05) is 39.8 Å². The van der Waals surface area contributed by atoms with Crippen LogP contribution in [0.25, 0.3) is 0 Å². The lowest BCUT2D eigenvalue weighted by Gasteiger charge is -2.33. The molecule has 0 atom stereocenters. The van der Waals surface area contributed by atoms with Crippen LogP contribution in [0.15, 0.2) is 29.2 Å². The van der Waals surface area contributed by atoms with E-state index in [-0.39, 0.29) is 24.5 Å². The number of rotatable bonds is 5. The van der Waals surface area contributed by atoms with Crippen molar-refractivity contribution in [1.29, 1.82) is 0 Å². The van der Waals surface area contributed by atoms with Gasteiger partial charge in [0.2, 0.25) is 10.0 Å². The number of benzene rings is 1. The molecule has 0 aromatic heterocycles. The molecule has 1 saturated heterocycles. The molecule has 2 rings (SSSR count). The molecule has 0 unspecified atom stereocenters. The monoisotopic (exact) mass is 314 g/mol. The predicted molar refractivity (Wildman–Crippen MR) is 75.8 cm³/mol. The first-order chi connectivity index (χ1) is 9.95. The van der Waals surface area contributed by atoms with Crippen molar-refractivity contribution < 1.29 is 23.1 Å². The van der Waals surface area contributed by atoms with E-state index in [0.29, 0.717) is 18.8 Å². The maximum Gasteiger partial charge on any atom is 0.317 e. The van der Waals surface area contributed by atoms with Gasteiger partial charge in [-0.3, -0.25) is 9.69 Å². The third-order valence-electron chi connectivity index (χ3n) is 3.38. The summed E-state index contributed by atoms with van der Waals surface area (Å²) >= 11 is 0. The zero-order valence-corrected chi connectivity index (χ0v) is 12.5. The minimum absolute atomic E-state index is 0.0669. The van der Waals surface area contributed by atoms with E-state index in [1.807, 2.05) is 0 Å². The molecular weight excluding hydrogens is 296 g/mol. The smallest absolute Gasteiger partial charge is 0.317 e. The second-order valence-electron chi connectivity index (χ2n) is 4.72. The van der Waals surface area contributed by atoms with Crippen molar-refractivity contribution in [2.45, 2.75) is 4.90 Å². The summed E-state index contributed by atoms with van der Waals surface area (Å²) in [4.78, 5) is 12.5. The molecule has 1 fully saturated rings. The van der Waals surface area contributed by atoms with Crippen LogP contribution >= 0.6 is 0 Å². The number of hydrogen-bond acceptors (Lipinski definition) is 5. The highest BCUT2D eigenvalue weighted by atomic mass is 32.2. The summed E-state index contributed by atoms with van der Waals surface area (Å²) in [6.07, 6.45) is 0. The maximum absolute atomic E-state index is 12.6. The molecule has 116 valence electrons. The Labute approximate surface area is 123 Å². The van der Waals surface area contributed by atoms with Gasteiger partial charge in [-0.1, -0.05) is 12.1 Å². The van der Waals surface area contributed by atoms with Crippen molar-refractivity contribution in [3.8, 4) is 5.75 Å². The molecule has 1 aliphatic heterocycles. The minimum Gasteiger partial charge on any atom is -0.495 e. The van der Waals surface area contributed by atoms with Crippen LogP contribution in [-0.2, 0) is 14.8 Å². The van der Waals surface area contributed by atoms with E-state index in [1.54, 1.807) is 23.1 Å². The van der Waals surface area contributed by atoms with Crippen molar-refractivity contribution in [3.05, 3.63) is 24.3 Å². The molecule has 0 spiro atoms. The predicted octanol–water partition coefficient (Wildman–Crippen LogP) is 0.0861. The van der Waals surface area contributed by atoms with Crippen molar-refractivity contribution in [1.82, 2.24) is 9.21 Å². The highest BCUT2D eigenvalue weighted by Gasteiger charge is 2.30. The van der Waals surface area contributed by atoms with Crippen LogP contribution < -0.4 is 4.74 Å². The number of ether oxygens (including phenoxy) is 1. The summed E-state index contributed by atoms with van der Waals surface area (Å²) in [5, 5.41) is 8.75. The third kappa shape index (κ3) is 3.52. The number of sulfonamides is 1. The molecular formula is C13H18N2O5S. The topological polar surface area (TPSA) is 87.2 Å². The van der Waals surface area contributed by atoms with Gasteiger partial charge in [0.1, 0.15) is 10.6 Å². The second kappa shape index (κ2) is 6.42. The van der Waals surface area contributed by atoms with Gasteiger partial charge in [-0.25, -0.2) is 8.42 Å². The Balaban J connectivity index is 2.13. The fourth-order valence-corrected chi connectivity index (χ4v) is 3.87. The van der Waals surface area contributed by atoms with E-state index in [0.717, 1.165) is 0 Å². The average molecular weight is 314 g/mol. The van der Waals surface area contributed by atoms with Crippen molar-refractivity contribution in [3.63, 3.8) is 0 Å². The lowest BCUT2D eigenvalue weighted by Crippen LogP contribution is -2.49. The minimum atomic E-state index is -3.62. The van der Waals surface area contributed by atoms with Gasteiger partial charge in [-0.15, -0.1) is 0 Å². The van der Waals surface area contributed by atoms with Crippen LogP contribution in [0.1, 0.15) is 0 Å². The van der Waals surface area contributed by atoms with E-state index >= 15 is 0 Å². The molecule has 1 heterocycles. The zero-order chi connectivity index (χ0) is 15.5. The van der Waals surface area contributed by atoms with Gasteiger partial charge in [0.25, 0.3) is 0 Å². The second-order valence-corrected chi connectivity index (χ2v) is 6.63. The van der Waals surface area contributed by atoms with Gasteiger partial charge in [-0.2, -0.15) is 4.31 Å². The first kappa shape index (κ1) is 15.7. The van der Waals surface area contributed by atoms with Crippen LogP contribution in [0, 0.1) is 0 Å². The van der Waals surface area contributed by atoms with Crippen molar-refractivity contribution in [2.24, 2.45) is 0 Å². The lowest BCUT2D eigenvalue weighted by atomic mass is 10.3. The zero-order valence-electron chi connectivity index (χ0n) is 11.7. The van der Waals surface area contributed by atoms with Crippen LogP contribution in [-0.4, -0.2) is 68.5 Å². The summed E-state index contributed by atoms with van der Waals surface area (Å²) < 4.78 is 31.7. The highest BCUT2D eigenvalue weighted by molar-refractivity contribution is 7.89. The number of methoxy groups -OCH3 is 1. The molecule has 1 N–H and O–H groups in total. The summed E-state index contributed by atoms with van der Waals surface area (Å²) in [7, 11) is -2.19. The van der Waals surface area contributed by atoms with Crippen LogP contribution in [0.3, 0.4) is 0 Å². The first-order valence-corrected chi connectivity index (χ1v) is 7.96. The maximum atomic E-state index is 12.6. The standard InChI is InChI=1S/C13H18N2O5S/c1-20-11-4-2-3-5-12(11)21(18,19)15-8-6-14(7-9-15)10-13(16)17/h2-5H,6-10H2,1H3,(H,16,17). The van der Waals surface area contributed by atoms with Gasteiger partial charge in [0.05, 0.1) is 13.7 Å². The Hall–Kier alpha value is -1.64. The molecule has 0 radical (unpaired) electrons. The Bertz CT molecular complexity index is 609. The highest BCUT2D eigenvalue weighted by Crippen LogP contribution is 2.26. The summed E-state index contributed by atoms with van der Waals surface area (Å²) in [5.74, 6) is -0.596. The van der Waals surface area contributed by atoms with Crippen LogP contribution in [0.2, 0.25) is 0 Å². The Morgan fingerprint density at radius 1 is 1.24 bits per heavy atom. The lowest BCUT2D eigenvalue weighted by molar-refractivity contribution is -0.138. The average Bonchev–Trinajstić information content (AvgIpc) is 2.47. The molecule has 1 aliphatic rings. The van der Waals surface area contributed by atoms with E-state index in [9.17, 15) is 13.2 Å². The van der Waals surface area contributed by atoms with E-state index < -0.39 is 16.0 Å². The SMILES string of the molecule is COc1ccccc1S(=O)(=O)N1CCN(CC(=O)O)CC1. The third-order valence-corrected chi connectivity index (χ3v) is 5.32. The summed E-state index contributed by atoms with van der Waals surface area (Å²) in [5.41, 5.74) is 0. The number of nitrogens with zero attached hydrogens (tertiary/aromatic N) is 2. The molecule has 0 aliphatic carbocycles. The number of para-hydroxylation sites is 1. The Kier molecular flexibility index (Phi) is 4.81. The van der Waals surface area contributed by atoms with E-state index in [1.165, 1.54) is 17.5 Å². The normalized spacial score (nSPS) is 17.6. The quantitative estimate of drug-likeness (QED) is 0.828. The van der Waals surface area contributed by atoms with Gasteiger partial charge in [0, 0.05) is 26.2 Å². The first-order valence-electron chi connectivity index (χ1n) is 6.52. The van der Waals surface area contributed by atoms with Crippen LogP contribution in [0.5, 0.6) is 5.75 Å². The Morgan fingerprint density at radius 3 is 2.43 bits per heavy atom. The summed E-state index contributed by atoms with van der Waals surface area (Å²) in [6.45, 7) is 1.28. The molecule has 0 bridgehead atoms. The molecule has 21 heavy (non-hydrogen) atoms. The number of piperazine rings is 1. The molecule has 0 saturated carbocycles. The summed E-state index contributed by atoms with van der Waals surface area (Å²) in [6, 6.07) is 6.48. The number of aliphatic carboxylic acids is 1. The molecule has 0 amide bonds. The van der Waals surface area contributed by atoms with Gasteiger partial charge >= 0.3 is 5.97 Å². The largest absolute Gasteiger partial charge is 0.495 e. The Morgan fingerprint density at radius 2 is 1.86 bits per heavy atom. The molecule has 1 aromatic rings. The fraction of sp³-hybridized carbons (Fsp3) is 0.462. The number of carboxylic acid groups (broad SMARTS) is 1. The molecule has 7 nitrogen and oxygen atoms in total. The van der Waals surface area contributed by atoms with Crippen molar-refractivity contribution >= 4 is 16.0 Å². The van der Waals surface area contributed by atoms with Gasteiger partial charge in [-0.05, 0) is 12.1 Å². The van der Waals surface area contributed by atoms with Gasteiger partial charge < -0.3 is 9.84 Å². The van der Waals surface area contributed by atoms with E-state index in [4.69, 9.17) is 9.84 Å².